The van der Waals surface area contributed by atoms with Crippen molar-refractivity contribution in [3.63, 3.8) is 0 Å². The molecule has 1 aromatic carbocycles. The van der Waals surface area contributed by atoms with Crippen LogP contribution in [0.3, 0.4) is 0 Å². The summed E-state index contributed by atoms with van der Waals surface area (Å²) in [4.78, 5) is 0. The third-order valence-electron chi connectivity index (χ3n) is 4.73. The van der Waals surface area contributed by atoms with Crippen LogP contribution in [-0.4, -0.2) is 36.5 Å². The van der Waals surface area contributed by atoms with Crippen molar-refractivity contribution in [2.75, 3.05) is 13.7 Å². The van der Waals surface area contributed by atoms with E-state index >= 15 is 0 Å². The van der Waals surface area contributed by atoms with Crippen molar-refractivity contribution in [1.82, 2.24) is 9.44 Å². The molecule has 32 heavy (non-hydrogen) atoms. The van der Waals surface area contributed by atoms with Crippen LogP contribution in [0.2, 0.25) is 0 Å². The highest BCUT2D eigenvalue weighted by Gasteiger charge is 2.21. The van der Waals surface area contributed by atoms with Gasteiger partial charge in [0.05, 0.1) is 7.11 Å². The Balaban J connectivity index is 1.60. The van der Waals surface area contributed by atoms with Crippen LogP contribution in [0.1, 0.15) is 24.8 Å². The number of benzene rings is 1. The van der Waals surface area contributed by atoms with Crippen LogP contribution in [0.5, 0.6) is 5.75 Å². The van der Waals surface area contributed by atoms with Gasteiger partial charge in [-0.1, -0.05) is 30.7 Å². The number of hydrogen-bond acceptors (Lipinski definition) is 7. The Morgan fingerprint density at radius 1 is 0.906 bits per heavy atom. The number of nitrogens with one attached hydrogen (secondary N) is 2. The Morgan fingerprint density at radius 2 is 1.59 bits per heavy atom. The van der Waals surface area contributed by atoms with Crippen molar-refractivity contribution >= 4 is 42.7 Å². The first-order valence-corrected chi connectivity index (χ1v) is 14.7. The average Bonchev–Trinajstić information content (AvgIpc) is 3.48. The second-order valence-corrected chi connectivity index (χ2v) is 13.0. The standard InChI is InChI=1S/C21H26N2O5S4/c1-28-19-9-4-7-17(16-19)15-18(23-32(26,27)21-11-6-14-30-21)8-2-3-12-22-31(24,25)20-10-5-13-29-20/h4-7,9-11,13-14,16,18,22-23H,2-3,8,12,15H2,1H3. The first-order valence-electron chi connectivity index (χ1n) is 10.0. The van der Waals surface area contributed by atoms with E-state index in [2.05, 4.69) is 9.44 Å². The molecular weight excluding hydrogens is 489 g/mol. The minimum Gasteiger partial charge on any atom is -0.497 e. The van der Waals surface area contributed by atoms with Gasteiger partial charge in [0.15, 0.2) is 0 Å². The van der Waals surface area contributed by atoms with Gasteiger partial charge in [0, 0.05) is 12.6 Å². The van der Waals surface area contributed by atoms with Gasteiger partial charge < -0.3 is 4.74 Å². The van der Waals surface area contributed by atoms with Gasteiger partial charge in [-0.05, 0) is 59.9 Å². The van der Waals surface area contributed by atoms with Crippen molar-refractivity contribution in [3.05, 3.63) is 64.9 Å². The summed E-state index contributed by atoms with van der Waals surface area (Å²) in [6.45, 7) is 0.295. The minimum absolute atomic E-state index is 0.275. The molecule has 0 amide bonds. The average molecular weight is 515 g/mol. The molecule has 0 spiro atoms. The monoisotopic (exact) mass is 514 g/mol. The number of hydrogen-bond donors (Lipinski definition) is 2. The molecule has 0 aliphatic carbocycles. The summed E-state index contributed by atoms with van der Waals surface area (Å²) in [5, 5.41) is 3.45. The molecule has 2 N–H and O–H groups in total. The molecule has 1 unspecified atom stereocenters. The molecule has 0 fully saturated rings. The van der Waals surface area contributed by atoms with Crippen LogP contribution in [-0.2, 0) is 26.5 Å². The fourth-order valence-electron chi connectivity index (χ4n) is 3.19. The third kappa shape index (κ3) is 7.12. The second-order valence-electron chi connectivity index (χ2n) is 7.13. The van der Waals surface area contributed by atoms with E-state index in [1.54, 1.807) is 42.1 Å². The molecule has 0 saturated carbocycles. The summed E-state index contributed by atoms with van der Waals surface area (Å²) in [6.07, 6.45) is 2.33. The highest BCUT2D eigenvalue weighted by atomic mass is 32.3. The largest absolute Gasteiger partial charge is 0.497 e. The van der Waals surface area contributed by atoms with Gasteiger partial charge in [0.25, 0.3) is 0 Å². The van der Waals surface area contributed by atoms with Gasteiger partial charge in [-0.25, -0.2) is 26.3 Å². The molecule has 7 nitrogen and oxygen atoms in total. The smallest absolute Gasteiger partial charge is 0.250 e. The molecular formula is C21H26N2O5S4. The zero-order valence-electron chi connectivity index (χ0n) is 17.6. The predicted molar refractivity (Wildman–Crippen MR) is 128 cm³/mol. The maximum Gasteiger partial charge on any atom is 0.250 e. The van der Waals surface area contributed by atoms with Crippen LogP contribution in [0.15, 0.2) is 67.7 Å². The predicted octanol–water partition coefficient (Wildman–Crippen LogP) is 3.86. The number of ether oxygens (including phenoxy) is 1. The van der Waals surface area contributed by atoms with Crippen LogP contribution in [0.4, 0.5) is 0 Å². The summed E-state index contributed by atoms with van der Waals surface area (Å²) in [6, 6.07) is 13.8. The summed E-state index contributed by atoms with van der Waals surface area (Å²) in [5.74, 6) is 0.713. The van der Waals surface area contributed by atoms with Crippen molar-refractivity contribution in [1.29, 1.82) is 0 Å². The van der Waals surface area contributed by atoms with E-state index in [-0.39, 0.29) is 14.5 Å². The Bertz CT molecular complexity index is 1170. The topological polar surface area (TPSA) is 102 Å². The summed E-state index contributed by atoms with van der Waals surface area (Å²) in [7, 11) is -5.52. The van der Waals surface area contributed by atoms with Gasteiger partial charge in [0.1, 0.15) is 14.2 Å². The highest BCUT2D eigenvalue weighted by Crippen LogP contribution is 2.20. The molecule has 0 saturated heterocycles. The summed E-state index contributed by atoms with van der Waals surface area (Å²) < 4.78 is 61.2. The number of methoxy groups -OCH3 is 1. The van der Waals surface area contributed by atoms with Crippen molar-refractivity contribution in [2.24, 2.45) is 0 Å². The lowest BCUT2D eigenvalue weighted by Gasteiger charge is -2.19. The maximum absolute atomic E-state index is 12.8. The van der Waals surface area contributed by atoms with Gasteiger partial charge in [-0.15, -0.1) is 22.7 Å². The van der Waals surface area contributed by atoms with Crippen LogP contribution in [0.25, 0.3) is 0 Å². The molecule has 2 heterocycles. The molecule has 0 aliphatic rings. The Hall–Kier alpha value is -1.76. The maximum atomic E-state index is 12.8. The van der Waals surface area contributed by atoms with E-state index in [1.807, 2.05) is 24.3 Å². The highest BCUT2D eigenvalue weighted by molar-refractivity contribution is 7.91. The summed E-state index contributed by atoms with van der Waals surface area (Å²) in [5.41, 5.74) is 0.960. The lowest BCUT2D eigenvalue weighted by molar-refractivity contribution is 0.413. The van der Waals surface area contributed by atoms with E-state index in [1.165, 1.54) is 22.7 Å². The first-order chi connectivity index (χ1) is 15.3. The van der Waals surface area contributed by atoms with Gasteiger partial charge in [-0.2, -0.15) is 0 Å². The fourth-order valence-corrected chi connectivity index (χ4v) is 7.58. The zero-order chi connectivity index (χ0) is 23.0. The van der Waals surface area contributed by atoms with Crippen molar-refractivity contribution in [3.8, 4) is 5.75 Å². The molecule has 3 aromatic rings. The van der Waals surface area contributed by atoms with E-state index in [4.69, 9.17) is 4.74 Å². The van der Waals surface area contributed by atoms with Gasteiger partial charge in [-0.3, -0.25) is 0 Å². The van der Waals surface area contributed by atoms with Crippen molar-refractivity contribution in [2.45, 2.75) is 40.1 Å². The summed E-state index contributed by atoms with van der Waals surface area (Å²) >= 11 is 2.34. The Morgan fingerprint density at radius 3 is 2.22 bits per heavy atom. The first kappa shape index (κ1) is 24.9. The molecule has 11 heteroatoms. The number of rotatable bonds is 13. The number of thiophene rings is 2. The molecule has 174 valence electrons. The molecule has 3 rings (SSSR count). The third-order valence-corrected chi connectivity index (χ3v) is 10.5. The minimum atomic E-state index is -3.62. The second kappa shape index (κ2) is 11.4. The fraction of sp³-hybridized carbons (Fsp3) is 0.333. The molecule has 0 radical (unpaired) electrons. The van der Waals surface area contributed by atoms with E-state index < -0.39 is 20.0 Å². The molecule has 0 aliphatic heterocycles. The quantitative estimate of drug-likeness (QED) is 0.337. The van der Waals surface area contributed by atoms with Crippen LogP contribution < -0.4 is 14.2 Å². The zero-order valence-corrected chi connectivity index (χ0v) is 20.8. The lowest BCUT2D eigenvalue weighted by atomic mass is 10.0. The van der Waals surface area contributed by atoms with Gasteiger partial charge >= 0.3 is 0 Å². The van der Waals surface area contributed by atoms with E-state index in [9.17, 15) is 16.8 Å². The van der Waals surface area contributed by atoms with Gasteiger partial charge in [0.2, 0.25) is 20.0 Å². The lowest BCUT2D eigenvalue weighted by Crippen LogP contribution is -2.36. The number of unbranched alkanes of at least 4 members (excludes halogenated alkanes) is 1. The Labute approximate surface area is 197 Å². The molecule has 1 atom stereocenters. The SMILES string of the molecule is COc1cccc(CC(CCCCNS(=O)(=O)c2cccs2)NS(=O)(=O)c2cccs2)c1. The molecule has 0 bridgehead atoms. The van der Waals surface area contributed by atoms with Crippen molar-refractivity contribution < 1.29 is 21.6 Å². The van der Waals surface area contributed by atoms with E-state index in [0.717, 1.165) is 5.56 Å². The van der Waals surface area contributed by atoms with Crippen LogP contribution in [0, 0.1) is 0 Å². The van der Waals surface area contributed by atoms with E-state index in [0.29, 0.717) is 38.0 Å². The van der Waals surface area contributed by atoms with Crippen LogP contribution >= 0.6 is 22.7 Å². The normalized spacial score (nSPS) is 13.2. The molecule has 2 aromatic heterocycles. The number of sulfonamides is 2. The Kier molecular flexibility index (Phi) is 8.86.